The first-order chi connectivity index (χ1) is 10.1. The van der Waals surface area contributed by atoms with Gasteiger partial charge in [0.25, 0.3) is 0 Å². The van der Waals surface area contributed by atoms with E-state index < -0.39 is 0 Å². The van der Waals surface area contributed by atoms with E-state index in [1.807, 2.05) is 61.6 Å². The molecule has 2 aromatic carbocycles. The van der Waals surface area contributed by atoms with Crippen LogP contribution in [0.25, 0.3) is 0 Å². The van der Waals surface area contributed by atoms with Crippen LogP contribution < -0.4 is 15.4 Å². The second kappa shape index (κ2) is 6.79. The average molecular weight is 283 g/mol. The molecule has 1 atom stereocenters. The van der Waals surface area contributed by atoms with Crippen molar-refractivity contribution in [3.63, 3.8) is 0 Å². The minimum Gasteiger partial charge on any atom is -0.497 e. The van der Waals surface area contributed by atoms with Gasteiger partial charge in [-0.25, -0.2) is 0 Å². The normalized spacial score (nSPS) is 11.7. The van der Waals surface area contributed by atoms with Crippen LogP contribution in [0.3, 0.4) is 0 Å². The summed E-state index contributed by atoms with van der Waals surface area (Å²) >= 11 is 0. The van der Waals surface area contributed by atoms with Crippen LogP contribution in [0.15, 0.2) is 54.6 Å². The van der Waals surface area contributed by atoms with E-state index in [4.69, 9.17) is 15.9 Å². The maximum Gasteiger partial charge on any atom is 0.119 e. The van der Waals surface area contributed by atoms with Crippen LogP contribution in [0.5, 0.6) is 5.75 Å². The third kappa shape index (κ3) is 3.75. The summed E-state index contributed by atoms with van der Waals surface area (Å²) in [7, 11) is 3.65. The van der Waals surface area contributed by atoms with Gasteiger partial charge in [0, 0.05) is 19.3 Å². The van der Waals surface area contributed by atoms with Gasteiger partial charge in [-0.05, 0) is 29.8 Å². The van der Waals surface area contributed by atoms with Gasteiger partial charge in [0.1, 0.15) is 5.75 Å². The van der Waals surface area contributed by atoms with Crippen LogP contribution in [0.4, 0.5) is 5.69 Å². The van der Waals surface area contributed by atoms with Gasteiger partial charge in [0.2, 0.25) is 0 Å². The molecule has 4 nitrogen and oxygen atoms in total. The number of hydrogen-bond acceptors (Lipinski definition) is 3. The Morgan fingerprint density at radius 2 is 1.76 bits per heavy atom. The van der Waals surface area contributed by atoms with Gasteiger partial charge in [-0.2, -0.15) is 0 Å². The van der Waals surface area contributed by atoms with Gasteiger partial charge >= 0.3 is 0 Å². The van der Waals surface area contributed by atoms with Crippen LogP contribution in [-0.2, 0) is 0 Å². The molecule has 0 aliphatic rings. The lowest BCUT2D eigenvalue weighted by atomic mass is 9.97. The monoisotopic (exact) mass is 283 g/mol. The topological polar surface area (TPSA) is 62.3 Å². The van der Waals surface area contributed by atoms with Crippen molar-refractivity contribution in [3.05, 3.63) is 60.2 Å². The molecular formula is C17H21N3O. The molecule has 2 rings (SSSR count). The molecule has 4 heteroatoms. The molecule has 1 unspecified atom stereocenters. The number of nitrogens with two attached hydrogens (primary N) is 1. The second-order valence-electron chi connectivity index (χ2n) is 5.00. The first-order valence-electron chi connectivity index (χ1n) is 6.86. The molecule has 0 aliphatic carbocycles. The number of ether oxygens (including phenoxy) is 1. The molecule has 21 heavy (non-hydrogen) atoms. The summed E-state index contributed by atoms with van der Waals surface area (Å²) in [6, 6.07) is 17.8. The number of benzene rings is 2. The Hall–Kier alpha value is -2.49. The number of rotatable bonds is 6. The number of nitrogens with one attached hydrogen (secondary N) is 1. The Labute approximate surface area is 125 Å². The van der Waals surface area contributed by atoms with E-state index in [1.165, 1.54) is 0 Å². The minimum absolute atomic E-state index is 0.113. The smallest absolute Gasteiger partial charge is 0.119 e. The summed E-state index contributed by atoms with van der Waals surface area (Å²) in [5.74, 6) is 0.901. The summed E-state index contributed by atoms with van der Waals surface area (Å²) < 4.78 is 5.16. The Balaban J connectivity index is 2.14. The minimum atomic E-state index is -0.113. The highest BCUT2D eigenvalue weighted by Gasteiger charge is 2.17. The summed E-state index contributed by atoms with van der Waals surface area (Å²) in [5, 5.41) is 7.84. The van der Waals surface area contributed by atoms with Crippen molar-refractivity contribution >= 4 is 11.5 Å². The predicted octanol–water partition coefficient (Wildman–Crippen LogP) is 2.85. The first-order valence-corrected chi connectivity index (χ1v) is 6.86. The number of methoxy groups -OCH3 is 1. The third-order valence-corrected chi connectivity index (χ3v) is 3.55. The van der Waals surface area contributed by atoms with Crippen LogP contribution >= 0.6 is 0 Å². The number of amidine groups is 1. The average Bonchev–Trinajstić information content (AvgIpc) is 2.53. The fourth-order valence-electron chi connectivity index (χ4n) is 2.28. The fraction of sp³-hybridized carbons (Fsp3) is 0.235. The zero-order valence-corrected chi connectivity index (χ0v) is 12.4. The van der Waals surface area contributed by atoms with E-state index in [9.17, 15) is 0 Å². The van der Waals surface area contributed by atoms with Crippen molar-refractivity contribution in [1.82, 2.24) is 0 Å². The van der Waals surface area contributed by atoms with E-state index in [0.29, 0.717) is 6.54 Å². The Bertz CT molecular complexity index is 581. The summed E-state index contributed by atoms with van der Waals surface area (Å²) in [6.45, 7) is 0.658. The maximum atomic E-state index is 7.84. The van der Waals surface area contributed by atoms with Crippen molar-refractivity contribution in [2.24, 2.45) is 5.73 Å². The fourth-order valence-corrected chi connectivity index (χ4v) is 2.28. The van der Waals surface area contributed by atoms with Gasteiger partial charge in [0.05, 0.1) is 18.9 Å². The van der Waals surface area contributed by atoms with Crippen molar-refractivity contribution in [2.45, 2.75) is 5.92 Å². The second-order valence-corrected chi connectivity index (χ2v) is 5.00. The molecule has 0 spiro atoms. The van der Waals surface area contributed by atoms with Gasteiger partial charge in [-0.1, -0.05) is 30.3 Å². The number of anilines is 1. The highest BCUT2D eigenvalue weighted by Crippen LogP contribution is 2.22. The molecule has 0 bridgehead atoms. The van der Waals surface area contributed by atoms with Crippen LogP contribution in [0.1, 0.15) is 11.5 Å². The molecule has 0 aromatic heterocycles. The first kappa shape index (κ1) is 14.9. The number of likely N-dealkylation sites (N-methyl/N-ethyl adjacent to an activating group) is 1. The van der Waals surface area contributed by atoms with Crippen LogP contribution in [0, 0.1) is 5.41 Å². The molecule has 0 amide bonds. The van der Waals surface area contributed by atoms with E-state index in [2.05, 4.69) is 4.90 Å². The summed E-state index contributed by atoms with van der Waals surface area (Å²) in [4.78, 5) is 2.10. The Morgan fingerprint density at radius 1 is 1.14 bits per heavy atom. The number of nitrogens with zero attached hydrogens (tertiary/aromatic N) is 1. The van der Waals surface area contributed by atoms with Crippen molar-refractivity contribution in [3.8, 4) is 5.75 Å². The van der Waals surface area contributed by atoms with Gasteiger partial charge in [-0.3, -0.25) is 5.41 Å². The highest BCUT2D eigenvalue weighted by atomic mass is 16.5. The molecule has 0 saturated heterocycles. The van der Waals surface area contributed by atoms with Gasteiger partial charge < -0.3 is 15.4 Å². The van der Waals surface area contributed by atoms with Crippen LogP contribution in [0.2, 0.25) is 0 Å². The molecule has 0 fully saturated rings. The van der Waals surface area contributed by atoms with Gasteiger partial charge in [-0.15, -0.1) is 0 Å². The Morgan fingerprint density at radius 3 is 2.29 bits per heavy atom. The molecule has 0 heterocycles. The van der Waals surface area contributed by atoms with Crippen molar-refractivity contribution < 1.29 is 4.74 Å². The lowest BCUT2D eigenvalue weighted by molar-refractivity contribution is 0.415. The molecule has 0 aliphatic heterocycles. The predicted molar refractivity (Wildman–Crippen MR) is 87.4 cm³/mol. The lowest BCUT2D eigenvalue weighted by Crippen LogP contribution is -2.32. The molecule has 110 valence electrons. The molecule has 0 radical (unpaired) electrons. The lowest BCUT2D eigenvalue weighted by Gasteiger charge is -2.25. The maximum absolute atomic E-state index is 7.84. The molecule has 2 aromatic rings. The summed E-state index contributed by atoms with van der Waals surface area (Å²) in [6.07, 6.45) is 0. The number of hydrogen-bond donors (Lipinski definition) is 2. The molecule has 0 saturated carbocycles. The SMILES string of the molecule is COc1ccc(N(C)CC(C(=N)N)c2ccccc2)cc1. The third-order valence-electron chi connectivity index (χ3n) is 3.55. The van der Waals surface area contributed by atoms with E-state index in [0.717, 1.165) is 17.0 Å². The molecular weight excluding hydrogens is 262 g/mol. The van der Waals surface area contributed by atoms with Crippen molar-refractivity contribution in [1.29, 1.82) is 5.41 Å². The van der Waals surface area contributed by atoms with E-state index >= 15 is 0 Å². The quantitative estimate of drug-likeness (QED) is 0.633. The Kier molecular flexibility index (Phi) is 4.82. The zero-order valence-electron chi connectivity index (χ0n) is 12.4. The molecule has 3 N–H and O–H groups in total. The standard InChI is InChI=1S/C17H21N3O/c1-20(14-8-10-15(21-2)11-9-14)12-16(17(18)19)13-6-4-3-5-7-13/h3-11,16H,12H2,1-2H3,(H3,18,19). The van der Waals surface area contributed by atoms with Crippen LogP contribution in [-0.4, -0.2) is 26.5 Å². The summed E-state index contributed by atoms with van der Waals surface area (Å²) in [5.41, 5.74) is 7.91. The van der Waals surface area contributed by atoms with E-state index in [1.54, 1.807) is 7.11 Å². The van der Waals surface area contributed by atoms with Crippen molar-refractivity contribution in [2.75, 3.05) is 25.6 Å². The van der Waals surface area contributed by atoms with Gasteiger partial charge in [0.15, 0.2) is 0 Å². The van der Waals surface area contributed by atoms with E-state index in [-0.39, 0.29) is 11.8 Å². The zero-order chi connectivity index (χ0) is 15.2. The highest BCUT2D eigenvalue weighted by molar-refractivity contribution is 5.85. The largest absolute Gasteiger partial charge is 0.497 e.